The summed E-state index contributed by atoms with van der Waals surface area (Å²) in [6.45, 7) is 0.271. The Balaban J connectivity index is 1.50. The minimum Gasteiger partial charge on any atom is -0.465 e. The highest BCUT2D eigenvalue weighted by molar-refractivity contribution is 7.89. The topological polar surface area (TPSA) is 110 Å². The number of hydrogen-bond acceptors (Lipinski definition) is 7. The second-order valence-electron chi connectivity index (χ2n) is 6.74. The number of ether oxygens (including phenoxy) is 2. The molecule has 1 heterocycles. The second-order valence-corrected chi connectivity index (χ2v) is 8.68. The molecule has 0 unspecified atom stereocenters. The van der Waals surface area contributed by atoms with Gasteiger partial charge in [0.25, 0.3) is 5.91 Å². The summed E-state index contributed by atoms with van der Waals surface area (Å²) in [4.78, 5) is 37.6. The van der Waals surface area contributed by atoms with Gasteiger partial charge in [0.2, 0.25) is 10.0 Å². The van der Waals surface area contributed by atoms with E-state index in [4.69, 9.17) is 4.74 Å². The number of benzene rings is 2. The summed E-state index contributed by atoms with van der Waals surface area (Å²) >= 11 is 0. The fraction of sp³-hybridized carbons (Fsp3) is 0.286. The van der Waals surface area contributed by atoms with Crippen molar-refractivity contribution >= 4 is 27.9 Å². The van der Waals surface area contributed by atoms with E-state index in [2.05, 4.69) is 4.74 Å². The van der Waals surface area contributed by atoms with E-state index in [9.17, 15) is 22.8 Å². The molecule has 1 amide bonds. The molecule has 0 aliphatic carbocycles. The first-order chi connectivity index (χ1) is 14.8. The van der Waals surface area contributed by atoms with Gasteiger partial charge in [0, 0.05) is 26.2 Å². The van der Waals surface area contributed by atoms with E-state index in [1.807, 2.05) is 0 Å². The van der Waals surface area contributed by atoms with Crippen molar-refractivity contribution in [3.63, 3.8) is 0 Å². The van der Waals surface area contributed by atoms with Crippen molar-refractivity contribution < 1.29 is 32.3 Å². The minimum atomic E-state index is -3.61. The van der Waals surface area contributed by atoms with E-state index in [0.29, 0.717) is 5.56 Å². The van der Waals surface area contributed by atoms with Crippen LogP contribution in [-0.2, 0) is 24.3 Å². The molecule has 0 aromatic heterocycles. The molecule has 31 heavy (non-hydrogen) atoms. The Morgan fingerprint density at radius 1 is 0.839 bits per heavy atom. The largest absolute Gasteiger partial charge is 0.465 e. The Morgan fingerprint density at radius 2 is 1.39 bits per heavy atom. The van der Waals surface area contributed by atoms with Gasteiger partial charge in [0.15, 0.2) is 6.61 Å². The lowest BCUT2D eigenvalue weighted by Crippen LogP contribution is -2.51. The van der Waals surface area contributed by atoms with Crippen molar-refractivity contribution in [1.29, 1.82) is 0 Å². The van der Waals surface area contributed by atoms with Gasteiger partial charge < -0.3 is 14.4 Å². The summed E-state index contributed by atoms with van der Waals surface area (Å²) < 4.78 is 36.3. The Morgan fingerprint density at radius 3 is 1.94 bits per heavy atom. The van der Waals surface area contributed by atoms with E-state index < -0.39 is 34.5 Å². The third-order valence-electron chi connectivity index (χ3n) is 4.84. The molecule has 164 valence electrons. The van der Waals surface area contributed by atoms with Crippen LogP contribution in [0.25, 0.3) is 0 Å². The SMILES string of the molecule is COC(=O)c1ccc(C(=O)OCC(=O)N2CCN(S(=O)(=O)c3ccccc3)CC2)cc1. The summed E-state index contributed by atoms with van der Waals surface area (Å²) in [6, 6.07) is 13.8. The quantitative estimate of drug-likeness (QED) is 0.613. The van der Waals surface area contributed by atoms with Crippen LogP contribution >= 0.6 is 0 Å². The highest BCUT2D eigenvalue weighted by atomic mass is 32.2. The van der Waals surface area contributed by atoms with Crippen LogP contribution in [0.2, 0.25) is 0 Å². The molecule has 0 radical (unpaired) electrons. The van der Waals surface area contributed by atoms with Crippen molar-refractivity contribution in [2.75, 3.05) is 39.9 Å². The van der Waals surface area contributed by atoms with Crippen LogP contribution in [0.5, 0.6) is 0 Å². The average Bonchev–Trinajstić information content (AvgIpc) is 2.82. The number of nitrogens with zero attached hydrogens (tertiary/aromatic N) is 2. The zero-order valence-electron chi connectivity index (χ0n) is 16.9. The van der Waals surface area contributed by atoms with Gasteiger partial charge in [0.05, 0.1) is 23.1 Å². The highest BCUT2D eigenvalue weighted by Crippen LogP contribution is 2.17. The van der Waals surface area contributed by atoms with Crippen LogP contribution in [0.1, 0.15) is 20.7 Å². The number of esters is 2. The maximum absolute atomic E-state index is 12.6. The lowest BCUT2D eigenvalue weighted by Gasteiger charge is -2.33. The van der Waals surface area contributed by atoms with E-state index >= 15 is 0 Å². The van der Waals surface area contributed by atoms with Gasteiger partial charge in [-0.15, -0.1) is 0 Å². The molecule has 1 aliphatic rings. The number of rotatable bonds is 6. The van der Waals surface area contributed by atoms with Gasteiger partial charge in [-0.1, -0.05) is 18.2 Å². The highest BCUT2D eigenvalue weighted by Gasteiger charge is 2.30. The summed E-state index contributed by atoms with van der Waals surface area (Å²) in [5.74, 6) is -1.63. The maximum atomic E-state index is 12.6. The first-order valence-electron chi connectivity index (χ1n) is 9.51. The minimum absolute atomic E-state index is 0.159. The molecule has 0 spiro atoms. The second kappa shape index (κ2) is 9.71. The van der Waals surface area contributed by atoms with Crippen molar-refractivity contribution in [3.05, 3.63) is 65.7 Å². The first-order valence-corrected chi connectivity index (χ1v) is 11.0. The molecule has 1 fully saturated rings. The fourth-order valence-corrected chi connectivity index (χ4v) is 4.52. The Labute approximate surface area is 180 Å². The number of carbonyl (C=O) groups excluding carboxylic acids is 3. The molecular weight excluding hydrogens is 424 g/mol. The zero-order valence-corrected chi connectivity index (χ0v) is 17.7. The molecule has 1 saturated heterocycles. The molecule has 0 bridgehead atoms. The van der Waals surface area contributed by atoms with E-state index in [1.54, 1.807) is 18.2 Å². The van der Waals surface area contributed by atoms with Crippen LogP contribution in [0, 0.1) is 0 Å². The van der Waals surface area contributed by atoms with Gasteiger partial charge in [-0.25, -0.2) is 18.0 Å². The molecular formula is C21H22N2O7S. The normalized spacial score (nSPS) is 14.7. The lowest BCUT2D eigenvalue weighted by atomic mass is 10.1. The van der Waals surface area contributed by atoms with E-state index in [1.165, 1.54) is 52.7 Å². The lowest BCUT2D eigenvalue weighted by molar-refractivity contribution is -0.135. The van der Waals surface area contributed by atoms with Crippen LogP contribution < -0.4 is 0 Å². The smallest absolute Gasteiger partial charge is 0.338 e. The van der Waals surface area contributed by atoms with Crippen LogP contribution in [0.4, 0.5) is 0 Å². The zero-order chi connectivity index (χ0) is 22.4. The molecule has 0 atom stereocenters. The van der Waals surface area contributed by atoms with Gasteiger partial charge >= 0.3 is 11.9 Å². The monoisotopic (exact) mass is 446 g/mol. The van der Waals surface area contributed by atoms with Crippen LogP contribution in [-0.4, -0.2) is 75.4 Å². The van der Waals surface area contributed by atoms with Crippen molar-refractivity contribution in [2.45, 2.75) is 4.90 Å². The van der Waals surface area contributed by atoms with Gasteiger partial charge in [-0.05, 0) is 36.4 Å². The molecule has 0 N–H and O–H groups in total. The molecule has 9 nitrogen and oxygen atoms in total. The average molecular weight is 446 g/mol. The van der Waals surface area contributed by atoms with Gasteiger partial charge in [0.1, 0.15) is 0 Å². The Bertz CT molecular complexity index is 1040. The van der Waals surface area contributed by atoms with Crippen molar-refractivity contribution in [3.8, 4) is 0 Å². The molecule has 2 aromatic rings. The number of piperazine rings is 1. The van der Waals surface area contributed by atoms with Crippen molar-refractivity contribution in [1.82, 2.24) is 9.21 Å². The summed E-state index contributed by atoms with van der Waals surface area (Å²) in [7, 11) is -2.35. The van der Waals surface area contributed by atoms with Crippen LogP contribution in [0.3, 0.4) is 0 Å². The predicted molar refractivity (Wildman–Crippen MR) is 110 cm³/mol. The number of methoxy groups -OCH3 is 1. The third-order valence-corrected chi connectivity index (χ3v) is 6.75. The van der Waals surface area contributed by atoms with Gasteiger partial charge in [-0.2, -0.15) is 4.31 Å². The number of amides is 1. The Hall–Kier alpha value is -3.24. The standard InChI is InChI=1S/C21H22N2O7S/c1-29-20(25)16-7-9-17(10-8-16)21(26)30-15-19(24)22-11-13-23(14-12-22)31(27,28)18-5-3-2-4-6-18/h2-10H,11-15H2,1H3. The fourth-order valence-electron chi connectivity index (χ4n) is 3.08. The molecule has 10 heteroatoms. The number of hydrogen-bond donors (Lipinski definition) is 0. The first kappa shape index (κ1) is 22.4. The summed E-state index contributed by atoms with van der Waals surface area (Å²) in [6.07, 6.45) is 0. The molecule has 1 aliphatic heterocycles. The number of carbonyl (C=O) groups is 3. The molecule has 0 saturated carbocycles. The number of sulfonamides is 1. The Kier molecular flexibility index (Phi) is 7.03. The summed E-state index contributed by atoms with van der Waals surface area (Å²) in [5, 5.41) is 0. The maximum Gasteiger partial charge on any atom is 0.338 e. The molecule has 2 aromatic carbocycles. The van der Waals surface area contributed by atoms with Crippen molar-refractivity contribution in [2.24, 2.45) is 0 Å². The van der Waals surface area contributed by atoms with E-state index in [0.717, 1.165) is 0 Å². The van der Waals surface area contributed by atoms with Crippen LogP contribution in [0.15, 0.2) is 59.5 Å². The predicted octanol–water partition coefficient (Wildman–Crippen LogP) is 1.16. The third kappa shape index (κ3) is 5.28. The van der Waals surface area contributed by atoms with E-state index in [-0.39, 0.29) is 36.6 Å². The molecule has 3 rings (SSSR count). The van der Waals surface area contributed by atoms with Gasteiger partial charge in [-0.3, -0.25) is 4.79 Å². The summed E-state index contributed by atoms with van der Waals surface area (Å²) in [5.41, 5.74) is 0.484.